The van der Waals surface area contributed by atoms with Crippen LogP contribution in [0.2, 0.25) is 0 Å². The van der Waals surface area contributed by atoms with Crippen molar-refractivity contribution < 1.29 is 38.8 Å². The number of ketones is 1. The molecule has 0 radical (unpaired) electrons. The predicted octanol–water partition coefficient (Wildman–Crippen LogP) is -2.24. The van der Waals surface area contributed by atoms with Crippen LogP contribution in [0.25, 0.3) is 0 Å². The van der Waals surface area contributed by atoms with Gasteiger partial charge in [-0.1, -0.05) is 0 Å². The Balaban J connectivity index is 2.92. The van der Waals surface area contributed by atoms with E-state index in [9.17, 15) is 19.5 Å². The van der Waals surface area contributed by atoms with Gasteiger partial charge in [0.25, 0.3) is 0 Å². The van der Waals surface area contributed by atoms with E-state index in [2.05, 4.69) is 16.2 Å². The van der Waals surface area contributed by atoms with Crippen molar-refractivity contribution in [3.05, 3.63) is 0 Å². The van der Waals surface area contributed by atoms with Crippen LogP contribution in [0.1, 0.15) is 20.3 Å². The van der Waals surface area contributed by atoms with Crippen LogP contribution in [0.5, 0.6) is 0 Å². The molecule has 26 heavy (non-hydrogen) atoms. The first-order chi connectivity index (χ1) is 12.2. The summed E-state index contributed by atoms with van der Waals surface area (Å²) in [6.07, 6.45) is -3.94. The minimum absolute atomic E-state index is 0.117. The highest BCUT2D eigenvalue weighted by molar-refractivity contribution is 5.85. The van der Waals surface area contributed by atoms with Gasteiger partial charge in [0.15, 0.2) is 0 Å². The van der Waals surface area contributed by atoms with E-state index in [1.165, 1.54) is 28.1 Å². The third-order valence-corrected chi connectivity index (χ3v) is 3.96. The summed E-state index contributed by atoms with van der Waals surface area (Å²) in [7, 11) is 2.86. The van der Waals surface area contributed by atoms with Crippen molar-refractivity contribution in [1.29, 1.82) is 0 Å². The lowest BCUT2D eigenvalue weighted by molar-refractivity contribution is -0.215. The standard InChI is InChI=1S/C15H27N3O8/c1-7(19)9(5-11(21)22)17-18-15-12(16-8(2)20)13(23)14(25-4)10(26-15)6-24-3/h9-10,12-15,17-18,23H,5-6H2,1-4H3,(H,16,20)(H,21,22)/t9-,10?,12?,13+,14+,15+/m0/s1. The third kappa shape index (κ3) is 6.27. The quantitative estimate of drug-likeness (QED) is 0.264. The number of aliphatic hydroxyl groups is 1. The lowest BCUT2D eigenvalue weighted by Gasteiger charge is -2.44. The van der Waals surface area contributed by atoms with E-state index in [0.29, 0.717) is 0 Å². The van der Waals surface area contributed by atoms with Crippen molar-refractivity contribution in [2.45, 2.75) is 56.9 Å². The zero-order valence-corrected chi connectivity index (χ0v) is 15.2. The fourth-order valence-corrected chi connectivity index (χ4v) is 2.72. The van der Waals surface area contributed by atoms with E-state index in [1.54, 1.807) is 0 Å². The van der Waals surface area contributed by atoms with Gasteiger partial charge in [0, 0.05) is 21.1 Å². The van der Waals surface area contributed by atoms with Gasteiger partial charge >= 0.3 is 5.97 Å². The number of rotatable bonds is 10. The molecule has 0 aliphatic carbocycles. The van der Waals surface area contributed by atoms with Crippen LogP contribution in [-0.4, -0.2) is 85.3 Å². The Hall–Kier alpha value is -1.63. The molecular formula is C15H27N3O8. The van der Waals surface area contributed by atoms with Crippen LogP contribution in [-0.2, 0) is 28.6 Å². The second kappa shape index (κ2) is 10.5. The molecule has 1 rings (SSSR count). The topological polar surface area (TPSA) is 155 Å². The number of nitrogens with one attached hydrogen (secondary N) is 3. The summed E-state index contributed by atoms with van der Waals surface area (Å²) in [5.74, 6) is -1.95. The van der Waals surface area contributed by atoms with Crippen molar-refractivity contribution >= 4 is 17.7 Å². The zero-order chi connectivity index (χ0) is 19.9. The summed E-state index contributed by atoms with van der Waals surface area (Å²) in [4.78, 5) is 33.9. The minimum atomic E-state index is -1.15. The molecule has 6 atom stereocenters. The summed E-state index contributed by atoms with van der Waals surface area (Å²) >= 11 is 0. The number of ether oxygens (including phenoxy) is 3. The van der Waals surface area contributed by atoms with Crippen LogP contribution in [0.4, 0.5) is 0 Å². The van der Waals surface area contributed by atoms with Gasteiger partial charge in [0.1, 0.15) is 30.3 Å². The first-order valence-electron chi connectivity index (χ1n) is 8.06. The molecule has 0 saturated carbocycles. The monoisotopic (exact) mass is 377 g/mol. The molecule has 0 aromatic rings. The first-order valence-corrected chi connectivity index (χ1v) is 8.06. The Morgan fingerprint density at radius 2 is 1.88 bits per heavy atom. The van der Waals surface area contributed by atoms with Gasteiger partial charge in [0.05, 0.1) is 25.1 Å². The molecule has 1 aliphatic rings. The average molecular weight is 377 g/mol. The molecule has 2 unspecified atom stereocenters. The van der Waals surface area contributed by atoms with Gasteiger partial charge in [-0.05, 0) is 6.92 Å². The number of carbonyl (C=O) groups excluding carboxylic acids is 2. The van der Waals surface area contributed by atoms with Crippen LogP contribution in [0.3, 0.4) is 0 Å². The maximum Gasteiger partial charge on any atom is 0.305 e. The van der Waals surface area contributed by atoms with E-state index >= 15 is 0 Å². The molecule has 0 aromatic heterocycles. The SMILES string of the molecule is COCC1O[C@@H](NN[C@@H](CC(=O)O)C(C)=O)C(NC(C)=O)[C@@H](O)[C@@H]1OC. The van der Waals surface area contributed by atoms with Gasteiger partial charge in [0.2, 0.25) is 5.91 Å². The largest absolute Gasteiger partial charge is 0.481 e. The summed E-state index contributed by atoms with van der Waals surface area (Å²) in [5, 5.41) is 22.0. The number of Topliss-reactive ketones (excluding diaryl/α,β-unsaturated/α-hetero) is 1. The Kier molecular flexibility index (Phi) is 9.05. The van der Waals surface area contributed by atoms with Crippen LogP contribution < -0.4 is 16.2 Å². The second-order valence-corrected chi connectivity index (χ2v) is 6.02. The molecule has 5 N–H and O–H groups in total. The predicted molar refractivity (Wildman–Crippen MR) is 87.9 cm³/mol. The third-order valence-electron chi connectivity index (χ3n) is 3.96. The number of aliphatic carboxylic acids is 1. The summed E-state index contributed by atoms with van der Waals surface area (Å²) in [6.45, 7) is 2.65. The number of carboxylic acids is 1. The number of methoxy groups -OCH3 is 2. The van der Waals surface area contributed by atoms with E-state index in [4.69, 9.17) is 19.3 Å². The normalized spacial score (nSPS) is 29.8. The molecular weight excluding hydrogens is 350 g/mol. The molecule has 150 valence electrons. The van der Waals surface area contributed by atoms with Crippen LogP contribution >= 0.6 is 0 Å². The highest BCUT2D eigenvalue weighted by Gasteiger charge is 2.46. The molecule has 0 aromatic carbocycles. The molecule has 1 heterocycles. The van der Waals surface area contributed by atoms with Crippen LogP contribution in [0, 0.1) is 0 Å². The number of hydrogen-bond donors (Lipinski definition) is 5. The van der Waals surface area contributed by atoms with Gasteiger partial charge in [-0.15, -0.1) is 0 Å². The van der Waals surface area contributed by atoms with E-state index in [1.807, 2.05) is 0 Å². The number of carboxylic acid groups (broad SMARTS) is 1. The van der Waals surface area contributed by atoms with Crippen molar-refractivity contribution in [1.82, 2.24) is 16.2 Å². The molecule has 1 saturated heterocycles. The fourth-order valence-electron chi connectivity index (χ4n) is 2.72. The number of hydrogen-bond acceptors (Lipinski definition) is 9. The number of hydrazine groups is 1. The number of carbonyl (C=O) groups is 3. The van der Waals surface area contributed by atoms with Gasteiger partial charge < -0.3 is 29.7 Å². The minimum Gasteiger partial charge on any atom is -0.481 e. The van der Waals surface area contributed by atoms with Crippen molar-refractivity contribution in [3.63, 3.8) is 0 Å². The second-order valence-electron chi connectivity index (χ2n) is 6.02. The maximum absolute atomic E-state index is 11.6. The van der Waals surface area contributed by atoms with Gasteiger partial charge in [-0.25, -0.2) is 10.9 Å². The molecule has 0 bridgehead atoms. The summed E-state index contributed by atoms with van der Waals surface area (Å²) < 4.78 is 16.1. The van der Waals surface area contributed by atoms with Crippen molar-refractivity contribution in [2.75, 3.05) is 20.8 Å². The Labute approximate surface area is 151 Å². The van der Waals surface area contributed by atoms with Gasteiger partial charge in [-0.3, -0.25) is 14.4 Å². The van der Waals surface area contributed by atoms with Gasteiger partial charge in [-0.2, -0.15) is 0 Å². The molecule has 11 heteroatoms. The van der Waals surface area contributed by atoms with Crippen molar-refractivity contribution in [2.24, 2.45) is 0 Å². The Morgan fingerprint density at radius 3 is 2.35 bits per heavy atom. The Bertz CT molecular complexity index is 503. The van der Waals surface area contributed by atoms with Crippen LogP contribution in [0.15, 0.2) is 0 Å². The molecule has 1 aliphatic heterocycles. The fraction of sp³-hybridized carbons (Fsp3) is 0.800. The highest BCUT2D eigenvalue weighted by atomic mass is 16.6. The van der Waals surface area contributed by atoms with E-state index in [-0.39, 0.29) is 6.61 Å². The molecule has 1 amide bonds. The first kappa shape index (κ1) is 22.4. The van der Waals surface area contributed by atoms with Crippen molar-refractivity contribution in [3.8, 4) is 0 Å². The zero-order valence-electron chi connectivity index (χ0n) is 15.2. The highest BCUT2D eigenvalue weighted by Crippen LogP contribution is 2.22. The summed E-state index contributed by atoms with van der Waals surface area (Å²) in [6, 6.07) is -1.91. The lowest BCUT2D eigenvalue weighted by atomic mass is 9.96. The molecule has 0 spiro atoms. The van der Waals surface area contributed by atoms with E-state index in [0.717, 1.165) is 0 Å². The smallest absolute Gasteiger partial charge is 0.305 e. The Morgan fingerprint density at radius 1 is 1.23 bits per heavy atom. The molecule has 11 nitrogen and oxygen atoms in total. The maximum atomic E-state index is 11.6. The number of amides is 1. The van der Waals surface area contributed by atoms with E-state index < -0.39 is 60.7 Å². The summed E-state index contributed by atoms with van der Waals surface area (Å²) in [5.41, 5.74) is 5.28. The average Bonchev–Trinajstić information content (AvgIpc) is 2.54. The molecule has 1 fully saturated rings. The lowest BCUT2D eigenvalue weighted by Crippen LogP contribution is -2.70. The number of aliphatic hydroxyl groups excluding tert-OH is 1.